The summed E-state index contributed by atoms with van der Waals surface area (Å²) in [4.78, 5) is 13.5. The van der Waals surface area contributed by atoms with Gasteiger partial charge >= 0.3 is 5.97 Å². The zero-order chi connectivity index (χ0) is 16.1. The SMILES string of the molecule is COC(=O)c1cccc(CN(C)Cc2c(F)cccc2Cl)c1. The van der Waals surface area contributed by atoms with Crippen LogP contribution in [-0.4, -0.2) is 25.0 Å². The van der Waals surface area contributed by atoms with Gasteiger partial charge in [-0.05, 0) is 36.9 Å². The van der Waals surface area contributed by atoms with Gasteiger partial charge in [-0.15, -0.1) is 0 Å². The summed E-state index contributed by atoms with van der Waals surface area (Å²) < 4.78 is 18.5. The van der Waals surface area contributed by atoms with Crippen LogP contribution in [0.5, 0.6) is 0 Å². The number of benzene rings is 2. The first-order valence-electron chi connectivity index (χ1n) is 6.80. The molecule has 0 spiro atoms. The minimum absolute atomic E-state index is 0.317. The Morgan fingerprint density at radius 1 is 1.23 bits per heavy atom. The van der Waals surface area contributed by atoms with Crippen molar-refractivity contribution in [1.29, 1.82) is 0 Å². The van der Waals surface area contributed by atoms with E-state index in [9.17, 15) is 9.18 Å². The maximum absolute atomic E-state index is 13.8. The molecule has 0 amide bonds. The van der Waals surface area contributed by atoms with Gasteiger partial charge in [-0.2, -0.15) is 0 Å². The summed E-state index contributed by atoms with van der Waals surface area (Å²) in [5.74, 6) is -0.690. The van der Waals surface area contributed by atoms with Crippen molar-refractivity contribution >= 4 is 17.6 Å². The van der Waals surface area contributed by atoms with Crippen LogP contribution in [0.25, 0.3) is 0 Å². The summed E-state index contributed by atoms with van der Waals surface area (Å²) in [6.45, 7) is 0.948. The van der Waals surface area contributed by atoms with E-state index < -0.39 is 0 Å². The lowest BCUT2D eigenvalue weighted by Gasteiger charge is -2.18. The van der Waals surface area contributed by atoms with E-state index in [4.69, 9.17) is 16.3 Å². The summed E-state index contributed by atoms with van der Waals surface area (Å²) in [6, 6.07) is 11.8. The lowest BCUT2D eigenvalue weighted by Crippen LogP contribution is -2.18. The molecule has 0 aliphatic carbocycles. The smallest absolute Gasteiger partial charge is 0.337 e. The predicted molar refractivity (Wildman–Crippen MR) is 84.4 cm³/mol. The van der Waals surface area contributed by atoms with Gasteiger partial charge in [0.1, 0.15) is 5.82 Å². The summed E-state index contributed by atoms with van der Waals surface area (Å²) in [5, 5.41) is 0.412. The van der Waals surface area contributed by atoms with E-state index in [1.165, 1.54) is 13.2 Å². The molecule has 0 fully saturated rings. The molecule has 0 atom stereocenters. The molecule has 0 N–H and O–H groups in total. The van der Waals surface area contributed by atoms with Gasteiger partial charge < -0.3 is 4.74 Å². The highest BCUT2D eigenvalue weighted by Gasteiger charge is 2.11. The molecule has 116 valence electrons. The lowest BCUT2D eigenvalue weighted by atomic mass is 10.1. The molecule has 0 unspecified atom stereocenters. The fraction of sp³-hybridized carbons (Fsp3) is 0.235. The summed E-state index contributed by atoms with van der Waals surface area (Å²) in [5.41, 5.74) is 1.91. The summed E-state index contributed by atoms with van der Waals surface area (Å²) >= 11 is 6.03. The van der Waals surface area contributed by atoms with E-state index in [1.54, 1.807) is 30.3 Å². The minimum Gasteiger partial charge on any atom is -0.465 e. The molecule has 0 aliphatic rings. The van der Waals surface area contributed by atoms with Gasteiger partial charge in [0.05, 0.1) is 12.7 Å². The van der Waals surface area contributed by atoms with Crippen LogP contribution in [0.15, 0.2) is 42.5 Å². The fourth-order valence-corrected chi connectivity index (χ4v) is 2.46. The molecule has 0 bridgehead atoms. The van der Waals surface area contributed by atoms with Crippen molar-refractivity contribution in [2.45, 2.75) is 13.1 Å². The van der Waals surface area contributed by atoms with Gasteiger partial charge in [-0.1, -0.05) is 29.8 Å². The Hall–Kier alpha value is -1.91. The van der Waals surface area contributed by atoms with Gasteiger partial charge in [0.15, 0.2) is 0 Å². The van der Waals surface area contributed by atoms with Crippen molar-refractivity contribution < 1.29 is 13.9 Å². The van der Waals surface area contributed by atoms with Crippen molar-refractivity contribution in [3.05, 3.63) is 70.0 Å². The number of rotatable bonds is 5. The monoisotopic (exact) mass is 321 g/mol. The first-order chi connectivity index (χ1) is 10.5. The summed E-state index contributed by atoms with van der Waals surface area (Å²) in [6.07, 6.45) is 0. The minimum atomic E-state index is -0.373. The molecule has 5 heteroatoms. The molecule has 3 nitrogen and oxygen atoms in total. The molecule has 2 rings (SSSR count). The molecule has 22 heavy (non-hydrogen) atoms. The maximum Gasteiger partial charge on any atom is 0.337 e. The highest BCUT2D eigenvalue weighted by molar-refractivity contribution is 6.31. The van der Waals surface area contributed by atoms with Gasteiger partial charge in [-0.3, -0.25) is 4.90 Å². The second kappa shape index (κ2) is 7.38. The number of halogens is 2. The van der Waals surface area contributed by atoms with Gasteiger partial charge in [0, 0.05) is 23.7 Å². The Kier molecular flexibility index (Phi) is 5.52. The van der Waals surface area contributed by atoms with Crippen LogP contribution in [0, 0.1) is 5.82 Å². The van der Waals surface area contributed by atoms with E-state index in [0.29, 0.717) is 29.2 Å². The molecule has 0 saturated carbocycles. The molecule has 0 saturated heterocycles. The third kappa shape index (κ3) is 4.06. The number of methoxy groups -OCH3 is 1. The van der Waals surface area contributed by atoms with Crippen molar-refractivity contribution in [1.82, 2.24) is 4.90 Å². The number of carbonyl (C=O) groups is 1. The van der Waals surface area contributed by atoms with Gasteiger partial charge in [-0.25, -0.2) is 9.18 Å². The Morgan fingerprint density at radius 2 is 1.95 bits per heavy atom. The molecule has 2 aromatic carbocycles. The molecular formula is C17H17ClFNO2. The van der Waals surface area contributed by atoms with E-state index in [2.05, 4.69) is 0 Å². The Morgan fingerprint density at radius 3 is 2.64 bits per heavy atom. The molecule has 2 aromatic rings. The topological polar surface area (TPSA) is 29.5 Å². The van der Waals surface area contributed by atoms with Crippen molar-refractivity contribution in [3.63, 3.8) is 0 Å². The van der Waals surface area contributed by atoms with Crippen LogP contribution in [0.4, 0.5) is 4.39 Å². The number of nitrogens with zero attached hydrogens (tertiary/aromatic N) is 1. The first-order valence-corrected chi connectivity index (χ1v) is 7.17. The lowest BCUT2D eigenvalue weighted by molar-refractivity contribution is 0.0600. The normalized spacial score (nSPS) is 10.8. The zero-order valence-corrected chi connectivity index (χ0v) is 13.2. The number of hydrogen-bond acceptors (Lipinski definition) is 3. The van der Waals surface area contributed by atoms with Crippen LogP contribution in [0.1, 0.15) is 21.5 Å². The van der Waals surface area contributed by atoms with Crippen LogP contribution in [0.3, 0.4) is 0 Å². The average molecular weight is 322 g/mol. The average Bonchev–Trinajstić information content (AvgIpc) is 2.50. The molecular weight excluding hydrogens is 305 g/mol. The van der Waals surface area contributed by atoms with Crippen molar-refractivity contribution in [2.24, 2.45) is 0 Å². The quantitative estimate of drug-likeness (QED) is 0.782. The number of carbonyl (C=O) groups excluding carboxylic acids is 1. The largest absolute Gasteiger partial charge is 0.465 e. The first kappa shape index (κ1) is 16.5. The third-order valence-electron chi connectivity index (χ3n) is 3.29. The Bertz CT molecular complexity index is 655. The second-order valence-electron chi connectivity index (χ2n) is 5.06. The molecule has 0 aromatic heterocycles. The third-order valence-corrected chi connectivity index (χ3v) is 3.64. The van der Waals surface area contributed by atoms with Crippen LogP contribution in [-0.2, 0) is 17.8 Å². The zero-order valence-electron chi connectivity index (χ0n) is 12.5. The van der Waals surface area contributed by atoms with Crippen LogP contribution < -0.4 is 0 Å². The summed E-state index contributed by atoms with van der Waals surface area (Å²) in [7, 11) is 3.22. The van der Waals surface area contributed by atoms with Gasteiger partial charge in [0.25, 0.3) is 0 Å². The van der Waals surface area contributed by atoms with E-state index in [-0.39, 0.29) is 11.8 Å². The van der Waals surface area contributed by atoms with E-state index in [1.807, 2.05) is 18.0 Å². The number of esters is 1. The second-order valence-corrected chi connectivity index (χ2v) is 5.47. The Labute approximate surface area is 134 Å². The van der Waals surface area contributed by atoms with Crippen LogP contribution >= 0.6 is 11.6 Å². The predicted octanol–water partition coefficient (Wildman–Crippen LogP) is 3.90. The van der Waals surface area contributed by atoms with Crippen LogP contribution in [0.2, 0.25) is 5.02 Å². The standard InChI is InChI=1S/C17H17ClFNO2/c1-20(11-14-15(18)7-4-8-16(14)19)10-12-5-3-6-13(9-12)17(21)22-2/h3-9H,10-11H2,1-2H3. The molecule has 0 aliphatic heterocycles. The maximum atomic E-state index is 13.8. The number of hydrogen-bond donors (Lipinski definition) is 0. The molecule has 0 radical (unpaired) electrons. The highest BCUT2D eigenvalue weighted by Crippen LogP contribution is 2.21. The number of ether oxygens (including phenoxy) is 1. The highest BCUT2D eigenvalue weighted by atomic mass is 35.5. The fourth-order valence-electron chi connectivity index (χ4n) is 2.24. The van der Waals surface area contributed by atoms with Crippen molar-refractivity contribution in [3.8, 4) is 0 Å². The Balaban J connectivity index is 2.09. The van der Waals surface area contributed by atoms with E-state index in [0.717, 1.165) is 5.56 Å². The van der Waals surface area contributed by atoms with Gasteiger partial charge in [0.2, 0.25) is 0 Å². The van der Waals surface area contributed by atoms with Crippen molar-refractivity contribution in [2.75, 3.05) is 14.2 Å². The van der Waals surface area contributed by atoms with E-state index >= 15 is 0 Å². The molecule has 0 heterocycles.